The summed E-state index contributed by atoms with van der Waals surface area (Å²) in [6, 6.07) is 9.36. The van der Waals surface area contributed by atoms with Crippen molar-refractivity contribution in [3.05, 3.63) is 59.4 Å². The van der Waals surface area contributed by atoms with Gasteiger partial charge in [0.15, 0.2) is 11.9 Å². The Morgan fingerprint density at radius 2 is 2.00 bits per heavy atom. The number of halogens is 1. The van der Waals surface area contributed by atoms with Crippen LogP contribution in [-0.2, 0) is 4.79 Å². The molecule has 1 aliphatic heterocycles. The van der Waals surface area contributed by atoms with E-state index in [1.807, 2.05) is 0 Å². The third-order valence-corrected chi connectivity index (χ3v) is 4.78. The van der Waals surface area contributed by atoms with Crippen LogP contribution >= 0.6 is 0 Å². The first-order chi connectivity index (χ1) is 13.9. The number of aliphatic hydroxyl groups excluding tert-OH is 2. The molecule has 8 heteroatoms. The maximum atomic E-state index is 13.1. The summed E-state index contributed by atoms with van der Waals surface area (Å²) in [5, 5.41) is 22.3. The van der Waals surface area contributed by atoms with E-state index in [2.05, 4.69) is 5.32 Å². The second-order valence-electron chi connectivity index (χ2n) is 6.86. The van der Waals surface area contributed by atoms with Crippen molar-refractivity contribution >= 4 is 17.5 Å². The highest BCUT2D eigenvalue weighted by Gasteiger charge is 2.28. The maximum Gasteiger partial charge on any atom is 0.258 e. The van der Waals surface area contributed by atoms with Crippen LogP contribution in [0.4, 0.5) is 10.1 Å². The monoisotopic (exact) mass is 402 g/mol. The number of ether oxygens (including phenoxy) is 1. The molecule has 0 saturated carbocycles. The number of benzene rings is 2. The molecular weight excluding hydrogens is 379 g/mol. The summed E-state index contributed by atoms with van der Waals surface area (Å²) in [6.45, 7) is 2.36. The Kier molecular flexibility index (Phi) is 6.46. The Hall–Kier alpha value is -2.97. The number of hydrogen-bond acceptors (Lipinski definition) is 5. The van der Waals surface area contributed by atoms with E-state index < -0.39 is 17.8 Å². The molecule has 3 rings (SSSR count). The lowest BCUT2D eigenvalue weighted by Gasteiger charge is -2.31. The fourth-order valence-corrected chi connectivity index (χ4v) is 3.14. The number of carbonyl (C=O) groups excluding carboxylic acids is 2. The largest absolute Gasteiger partial charge is 0.490 e. The summed E-state index contributed by atoms with van der Waals surface area (Å²) in [7, 11) is 0. The molecule has 2 aromatic carbocycles. The fraction of sp³-hybridized carbons (Fsp3) is 0.333. The van der Waals surface area contributed by atoms with Crippen LogP contribution in [0.5, 0.6) is 5.75 Å². The minimum absolute atomic E-state index is 0.164. The number of hydrogen-bond donors (Lipinski definition) is 3. The van der Waals surface area contributed by atoms with E-state index in [4.69, 9.17) is 4.74 Å². The van der Waals surface area contributed by atoms with Crippen LogP contribution < -0.4 is 10.1 Å². The third-order valence-electron chi connectivity index (χ3n) is 4.78. The van der Waals surface area contributed by atoms with Crippen molar-refractivity contribution in [2.45, 2.75) is 25.5 Å². The van der Waals surface area contributed by atoms with E-state index in [0.717, 1.165) is 12.1 Å². The van der Waals surface area contributed by atoms with Gasteiger partial charge in [0.1, 0.15) is 5.82 Å². The predicted octanol–water partition coefficient (Wildman–Crippen LogP) is 2.10. The molecule has 1 unspecified atom stereocenters. The molecule has 0 radical (unpaired) electrons. The van der Waals surface area contributed by atoms with Gasteiger partial charge >= 0.3 is 0 Å². The SMILES string of the molecule is C[C@@H](CO)N1CCCOc2c(NC(=O)C(O)c3ccc(F)cc3)cccc2C1=O. The van der Waals surface area contributed by atoms with Gasteiger partial charge in [-0.15, -0.1) is 0 Å². The first-order valence-electron chi connectivity index (χ1n) is 9.34. The second kappa shape index (κ2) is 9.02. The molecule has 2 aromatic rings. The van der Waals surface area contributed by atoms with E-state index in [1.165, 1.54) is 12.1 Å². The minimum atomic E-state index is -1.51. The summed E-state index contributed by atoms with van der Waals surface area (Å²) < 4.78 is 18.8. The van der Waals surface area contributed by atoms with Crippen molar-refractivity contribution in [3.63, 3.8) is 0 Å². The van der Waals surface area contributed by atoms with Gasteiger partial charge in [-0.25, -0.2) is 4.39 Å². The highest BCUT2D eigenvalue weighted by molar-refractivity contribution is 6.02. The van der Waals surface area contributed by atoms with Gasteiger partial charge in [0.05, 0.1) is 30.5 Å². The normalized spacial score (nSPS) is 16.1. The smallest absolute Gasteiger partial charge is 0.258 e. The molecule has 0 spiro atoms. The number of fused-ring (bicyclic) bond motifs is 1. The topological polar surface area (TPSA) is 99.1 Å². The Labute approximate surface area is 167 Å². The molecule has 7 nitrogen and oxygen atoms in total. The van der Waals surface area contributed by atoms with Crippen LogP contribution in [-0.4, -0.2) is 52.7 Å². The summed E-state index contributed by atoms with van der Waals surface area (Å²) in [5.74, 6) is -1.30. The molecule has 2 amide bonds. The van der Waals surface area contributed by atoms with Crippen molar-refractivity contribution < 1.29 is 28.9 Å². The highest BCUT2D eigenvalue weighted by Crippen LogP contribution is 2.32. The van der Waals surface area contributed by atoms with Crippen LogP contribution in [0.2, 0.25) is 0 Å². The van der Waals surface area contributed by atoms with Crippen molar-refractivity contribution in [3.8, 4) is 5.75 Å². The Balaban J connectivity index is 1.87. The third kappa shape index (κ3) is 4.55. The highest BCUT2D eigenvalue weighted by atomic mass is 19.1. The quantitative estimate of drug-likeness (QED) is 0.711. The number of carbonyl (C=O) groups is 2. The Morgan fingerprint density at radius 3 is 2.69 bits per heavy atom. The van der Waals surface area contributed by atoms with Crippen LogP contribution in [0.1, 0.15) is 35.4 Å². The number of nitrogens with zero attached hydrogens (tertiary/aromatic N) is 1. The van der Waals surface area contributed by atoms with Crippen molar-refractivity contribution in [2.24, 2.45) is 0 Å². The van der Waals surface area contributed by atoms with Crippen molar-refractivity contribution in [2.75, 3.05) is 25.1 Å². The van der Waals surface area contributed by atoms with E-state index >= 15 is 0 Å². The van der Waals surface area contributed by atoms with Gasteiger partial charge < -0.3 is 25.2 Å². The molecule has 2 atom stereocenters. The lowest BCUT2D eigenvalue weighted by molar-refractivity contribution is -0.124. The zero-order chi connectivity index (χ0) is 21.0. The molecule has 3 N–H and O–H groups in total. The molecule has 0 saturated heterocycles. The van der Waals surface area contributed by atoms with Gasteiger partial charge in [0, 0.05) is 6.54 Å². The molecule has 0 bridgehead atoms. The molecular formula is C21H23FN2O5. The van der Waals surface area contributed by atoms with Gasteiger partial charge in [-0.2, -0.15) is 0 Å². The first kappa shape index (κ1) is 20.8. The maximum absolute atomic E-state index is 13.1. The summed E-state index contributed by atoms with van der Waals surface area (Å²) in [5.41, 5.74) is 0.752. The average Bonchev–Trinajstić information content (AvgIpc) is 2.72. The lowest BCUT2D eigenvalue weighted by atomic mass is 10.1. The number of rotatable bonds is 5. The zero-order valence-electron chi connectivity index (χ0n) is 16.0. The molecule has 1 heterocycles. The van der Waals surface area contributed by atoms with Crippen LogP contribution in [0.25, 0.3) is 0 Å². The molecule has 29 heavy (non-hydrogen) atoms. The zero-order valence-corrected chi connectivity index (χ0v) is 16.0. The van der Waals surface area contributed by atoms with Gasteiger partial charge in [-0.1, -0.05) is 18.2 Å². The van der Waals surface area contributed by atoms with Gasteiger partial charge in [-0.05, 0) is 43.2 Å². The van der Waals surface area contributed by atoms with Crippen LogP contribution in [0.3, 0.4) is 0 Å². The van der Waals surface area contributed by atoms with E-state index in [-0.39, 0.29) is 41.1 Å². The molecule has 0 fully saturated rings. The first-order valence-corrected chi connectivity index (χ1v) is 9.34. The van der Waals surface area contributed by atoms with Gasteiger partial charge in [0.2, 0.25) is 0 Å². The summed E-state index contributed by atoms with van der Waals surface area (Å²) >= 11 is 0. The number of nitrogens with one attached hydrogen (secondary N) is 1. The van der Waals surface area contributed by atoms with Crippen LogP contribution in [0.15, 0.2) is 42.5 Å². The average molecular weight is 402 g/mol. The van der Waals surface area contributed by atoms with Crippen molar-refractivity contribution in [1.29, 1.82) is 0 Å². The second-order valence-corrected chi connectivity index (χ2v) is 6.86. The van der Waals surface area contributed by atoms with Crippen LogP contribution in [0, 0.1) is 5.82 Å². The molecule has 154 valence electrons. The molecule has 0 aromatic heterocycles. The fourth-order valence-electron chi connectivity index (χ4n) is 3.14. The Morgan fingerprint density at radius 1 is 1.28 bits per heavy atom. The number of aliphatic hydroxyl groups is 2. The Bertz CT molecular complexity index is 887. The van der Waals surface area contributed by atoms with E-state index in [9.17, 15) is 24.2 Å². The summed E-state index contributed by atoms with van der Waals surface area (Å²) in [6.07, 6.45) is -0.947. The number of para-hydroxylation sites is 1. The molecule has 0 aliphatic carbocycles. The summed E-state index contributed by atoms with van der Waals surface area (Å²) in [4.78, 5) is 27.0. The van der Waals surface area contributed by atoms with E-state index in [1.54, 1.807) is 30.0 Å². The molecule has 1 aliphatic rings. The standard InChI is InChI=1S/C21H23FN2O5/c1-13(12-25)24-10-3-11-29-19-16(21(24)28)4-2-5-17(19)23-20(27)18(26)14-6-8-15(22)9-7-14/h2,4-9,13,18,25-26H,3,10-12H2,1H3,(H,23,27)/t13-,18?/m0/s1. The van der Waals surface area contributed by atoms with Gasteiger partial charge in [-0.3, -0.25) is 9.59 Å². The van der Waals surface area contributed by atoms with Crippen molar-refractivity contribution in [1.82, 2.24) is 4.90 Å². The van der Waals surface area contributed by atoms with E-state index in [0.29, 0.717) is 19.6 Å². The lowest BCUT2D eigenvalue weighted by Crippen LogP contribution is -2.42. The number of amides is 2. The minimum Gasteiger partial charge on any atom is -0.490 e. The van der Waals surface area contributed by atoms with Gasteiger partial charge in [0.25, 0.3) is 11.8 Å². The predicted molar refractivity (Wildman–Crippen MR) is 104 cm³/mol. The number of anilines is 1.